The average Bonchev–Trinajstić information content (AvgIpc) is 3.27. The van der Waals surface area contributed by atoms with Gasteiger partial charge in [0, 0.05) is 38.0 Å². The number of aliphatic imine (C=N–C) groups is 1. The lowest BCUT2D eigenvalue weighted by Crippen LogP contribution is -2.16. The number of anilines is 2. The first-order valence-electron chi connectivity index (χ1n) is 11.9. The number of carbonyl (C=O) groups excluding carboxylic acids is 1. The van der Waals surface area contributed by atoms with Crippen LogP contribution in [-0.4, -0.2) is 56.7 Å². The summed E-state index contributed by atoms with van der Waals surface area (Å²) in [6, 6.07) is 6.33. The number of hydrogen-bond acceptors (Lipinski definition) is 7. The zero-order chi connectivity index (χ0) is 26.5. The van der Waals surface area contributed by atoms with E-state index >= 15 is 0 Å². The number of carbonyl (C=O) groups is 1. The Morgan fingerprint density at radius 2 is 2.00 bits per heavy atom. The van der Waals surface area contributed by atoms with Crippen molar-refractivity contribution < 1.29 is 35.5 Å². The molecule has 1 aromatic carbocycles. The molecular formula is C25H25F4N3O4S. The van der Waals surface area contributed by atoms with Crippen molar-refractivity contribution in [1.82, 2.24) is 4.98 Å². The van der Waals surface area contributed by atoms with Gasteiger partial charge in [0.1, 0.15) is 11.5 Å². The van der Waals surface area contributed by atoms with Crippen LogP contribution in [0, 0.1) is 5.92 Å². The molecule has 1 aliphatic carbocycles. The van der Waals surface area contributed by atoms with Crippen molar-refractivity contribution in [2.24, 2.45) is 10.9 Å². The molecule has 0 bridgehead atoms. The molecule has 0 radical (unpaired) electrons. The molecule has 1 N–H and O–H groups in total. The number of ketones is 1. The summed E-state index contributed by atoms with van der Waals surface area (Å²) in [5, 5.41) is 2.98. The monoisotopic (exact) mass is 539 g/mol. The van der Waals surface area contributed by atoms with Gasteiger partial charge in [0.05, 0.1) is 45.9 Å². The van der Waals surface area contributed by atoms with E-state index in [2.05, 4.69) is 15.3 Å². The van der Waals surface area contributed by atoms with E-state index in [1.54, 1.807) is 18.2 Å². The molecular weight excluding hydrogens is 514 g/mol. The standard InChI is InChI=1S/C25H25F4N3O4S/c1-37(34,35)22-7-13(14-3-2-6-36-12-14)4-5-17(22)31-18-8-15(9-21(33)16-11-25(16,28)29)30-19-10-20(24(26)27)32-23(18)19/h4-5,7-8,14,16,24H,2-3,6,9-12H2,1H3,(H,30,31)/t14-,16+/m1/s1. The molecule has 1 saturated carbocycles. The van der Waals surface area contributed by atoms with Crippen molar-refractivity contribution in [2.75, 3.05) is 24.8 Å². The Kier molecular flexibility index (Phi) is 6.59. The van der Waals surface area contributed by atoms with E-state index in [0.29, 0.717) is 13.2 Å². The number of hydrogen-bond donors (Lipinski definition) is 1. The number of pyridine rings is 1. The predicted octanol–water partition coefficient (Wildman–Crippen LogP) is 4.78. The van der Waals surface area contributed by atoms with E-state index in [1.807, 2.05) is 0 Å². The van der Waals surface area contributed by atoms with Gasteiger partial charge in [-0.05, 0) is 36.6 Å². The number of nitrogens with zero attached hydrogens (tertiary/aromatic N) is 2. The number of alkyl halides is 4. The van der Waals surface area contributed by atoms with Crippen molar-refractivity contribution in [3.8, 4) is 0 Å². The van der Waals surface area contributed by atoms with Gasteiger partial charge in [-0.1, -0.05) is 6.07 Å². The van der Waals surface area contributed by atoms with Gasteiger partial charge in [-0.15, -0.1) is 0 Å². The second-order valence-corrected chi connectivity index (χ2v) is 11.7. The molecule has 2 aliphatic heterocycles. The molecule has 1 saturated heterocycles. The maximum Gasteiger partial charge on any atom is 0.277 e. The smallest absolute Gasteiger partial charge is 0.277 e. The summed E-state index contributed by atoms with van der Waals surface area (Å²) in [4.78, 5) is 20.6. The van der Waals surface area contributed by atoms with Gasteiger partial charge < -0.3 is 10.1 Å². The minimum Gasteiger partial charge on any atom is -0.381 e. The summed E-state index contributed by atoms with van der Waals surface area (Å²) in [6.07, 6.45) is -1.22. The van der Waals surface area contributed by atoms with Crippen molar-refractivity contribution in [3.05, 3.63) is 41.2 Å². The number of halogens is 4. The zero-order valence-electron chi connectivity index (χ0n) is 19.9. The van der Waals surface area contributed by atoms with Crippen LogP contribution in [-0.2, 0) is 32.2 Å². The fraction of sp³-hybridized carbons (Fsp3) is 0.480. The molecule has 7 nitrogen and oxygen atoms in total. The lowest BCUT2D eigenvalue weighted by Gasteiger charge is -2.23. The fourth-order valence-electron chi connectivity index (χ4n) is 4.78. The third-order valence-corrected chi connectivity index (χ3v) is 7.99. The number of ether oxygens (including phenoxy) is 1. The Bertz CT molecular complexity index is 1390. The Morgan fingerprint density at radius 1 is 1.24 bits per heavy atom. The van der Waals surface area contributed by atoms with Crippen LogP contribution >= 0.6 is 0 Å². The van der Waals surface area contributed by atoms with Gasteiger partial charge in [-0.25, -0.2) is 31.0 Å². The topological polar surface area (TPSA) is 97.7 Å². The maximum atomic E-state index is 13.4. The van der Waals surface area contributed by atoms with Crippen LogP contribution < -0.4 is 5.32 Å². The molecule has 3 aliphatic rings. The molecule has 2 atom stereocenters. The molecule has 37 heavy (non-hydrogen) atoms. The highest BCUT2D eigenvalue weighted by Gasteiger charge is 2.60. The van der Waals surface area contributed by atoms with Gasteiger partial charge in [-0.3, -0.25) is 9.78 Å². The lowest BCUT2D eigenvalue weighted by atomic mass is 9.93. The maximum absolute atomic E-state index is 13.4. The minimum atomic E-state index is -3.71. The van der Waals surface area contributed by atoms with Crippen LogP contribution in [0.3, 0.4) is 0 Å². The van der Waals surface area contributed by atoms with Crippen LogP contribution in [0.4, 0.5) is 34.6 Å². The van der Waals surface area contributed by atoms with Crippen LogP contribution in [0.25, 0.3) is 0 Å². The van der Waals surface area contributed by atoms with E-state index < -0.39 is 52.4 Å². The fourth-order valence-corrected chi connectivity index (χ4v) is 5.65. The lowest BCUT2D eigenvalue weighted by molar-refractivity contribution is -0.121. The molecule has 0 spiro atoms. The van der Waals surface area contributed by atoms with Gasteiger partial charge in [0.15, 0.2) is 9.84 Å². The Balaban J connectivity index is 1.51. The van der Waals surface area contributed by atoms with Gasteiger partial charge in [-0.2, -0.15) is 0 Å². The van der Waals surface area contributed by atoms with Crippen LogP contribution in [0.1, 0.15) is 42.1 Å². The SMILES string of the molecule is CS(=O)(=O)c1cc([C@@H]2CCCOC2)ccc1Nc1cc(CC(=O)[C@@H]2CC2(F)F)nc2c1N=C(C(F)F)C2. The number of aromatic nitrogens is 1. The Labute approximate surface area is 211 Å². The summed E-state index contributed by atoms with van der Waals surface area (Å²) < 4.78 is 84.5. The molecule has 1 aromatic heterocycles. The Morgan fingerprint density at radius 3 is 2.62 bits per heavy atom. The average molecular weight is 540 g/mol. The second-order valence-electron chi connectivity index (χ2n) is 9.76. The summed E-state index contributed by atoms with van der Waals surface area (Å²) >= 11 is 0. The van der Waals surface area contributed by atoms with E-state index in [0.717, 1.165) is 24.7 Å². The van der Waals surface area contributed by atoms with Gasteiger partial charge >= 0.3 is 0 Å². The molecule has 5 rings (SSSR count). The largest absolute Gasteiger partial charge is 0.381 e. The van der Waals surface area contributed by atoms with Crippen LogP contribution in [0.5, 0.6) is 0 Å². The summed E-state index contributed by atoms with van der Waals surface area (Å²) in [6.45, 7) is 1.14. The van der Waals surface area contributed by atoms with E-state index in [1.165, 1.54) is 6.07 Å². The first kappa shape index (κ1) is 25.8. The highest BCUT2D eigenvalue weighted by Crippen LogP contribution is 2.49. The molecule has 0 amide bonds. The molecule has 0 unspecified atom stereocenters. The minimum absolute atomic E-state index is 0.00689. The highest BCUT2D eigenvalue weighted by molar-refractivity contribution is 7.90. The quantitative estimate of drug-likeness (QED) is 0.485. The molecule has 12 heteroatoms. The predicted molar refractivity (Wildman–Crippen MR) is 128 cm³/mol. The highest BCUT2D eigenvalue weighted by atomic mass is 32.2. The van der Waals surface area contributed by atoms with Crippen LogP contribution in [0.2, 0.25) is 0 Å². The van der Waals surface area contributed by atoms with Crippen molar-refractivity contribution >= 4 is 38.4 Å². The number of rotatable bonds is 8. The summed E-state index contributed by atoms with van der Waals surface area (Å²) in [5.74, 6) is -5.05. The molecule has 2 fully saturated rings. The van der Waals surface area contributed by atoms with Gasteiger partial charge in [0.25, 0.3) is 12.3 Å². The number of Topliss-reactive ketones (excluding diaryl/α,β-unsaturated/α-hetero) is 1. The van der Waals surface area contributed by atoms with Crippen molar-refractivity contribution in [1.29, 1.82) is 0 Å². The van der Waals surface area contributed by atoms with Crippen molar-refractivity contribution in [3.63, 3.8) is 0 Å². The number of fused-ring (bicyclic) bond motifs is 1. The first-order valence-corrected chi connectivity index (χ1v) is 13.8. The normalized spacial score (nSPS) is 22.5. The van der Waals surface area contributed by atoms with Crippen LogP contribution in [0.15, 0.2) is 34.2 Å². The number of nitrogens with one attached hydrogen (secondary N) is 1. The Hall–Kier alpha value is -2.86. The number of sulfone groups is 1. The van der Waals surface area contributed by atoms with E-state index in [-0.39, 0.29) is 45.7 Å². The third kappa shape index (κ3) is 5.40. The zero-order valence-corrected chi connectivity index (χ0v) is 20.8. The van der Waals surface area contributed by atoms with E-state index in [4.69, 9.17) is 4.74 Å². The third-order valence-electron chi connectivity index (χ3n) is 6.85. The molecule has 198 valence electrons. The van der Waals surface area contributed by atoms with E-state index in [9.17, 15) is 30.8 Å². The van der Waals surface area contributed by atoms with Crippen molar-refractivity contribution in [2.45, 2.75) is 55.3 Å². The summed E-state index contributed by atoms with van der Waals surface area (Å²) in [7, 11) is -3.71. The number of benzene rings is 1. The van der Waals surface area contributed by atoms with Gasteiger partial charge in [0.2, 0.25) is 0 Å². The molecule has 3 heterocycles. The first-order chi connectivity index (χ1) is 17.4. The summed E-state index contributed by atoms with van der Waals surface area (Å²) in [5.41, 5.74) is 1.15. The molecule has 2 aromatic rings. The second kappa shape index (κ2) is 9.46.